The molecule has 6 heteroatoms. The molecule has 1 rings (SSSR count). The van der Waals surface area contributed by atoms with Crippen LogP contribution in [0.15, 0.2) is 23.1 Å². The Morgan fingerprint density at radius 3 is 2.43 bits per heavy atom. The second-order valence-corrected chi connectivity index (χ2v) is 8.00. The Hall–Kier alpha value is -0.980. The van der Waals surface area contributed by atoms with Gasteiger partial charge in [0.15, 0.2) is 0 Å². The molecule has 0 bridgehead atoms. The molecule has 0 saturated heterocycles. The number of hydrogen-bond donors (Lipinski definition) is 2. The highest BCUT2D eigenvalue weighted by Gasteiger charge is 2.26. The van der Waals surface area contributed by atoms with Crippen LogP contribution in [-0.4, -0.2) is 22.0 Å². The Kier molecular flexibility index (Phi) is 5.90. The smallest absolute Gasteiger partial charge is 0.243 e. The van der Waals surface area contributed by atoms with Crippen molar-refractivity contribution in [3.8, 4) is 0 Å². The van der Waals surface area contributed by atoms with Crippen molar-refractivity contribution >= 4 is 10.0 Å². The van der Waals surface area contributed by atoms with E-state index >= 15 is 0 Å². The summed E-state index contributed by atoms with van der Waals surface area (Å²) in [7, 11) is -2.10. The van der Waals surface area contributed by atoms with Crippen molar-refractivity contribution in [2.45, 2.75) is 39.1 Å². The van der Waals surface area contributed by atoms with Gasteiger partial charge in [-0.2, -0.15) is 0 Å². The average Bonchev–Trinajstić information content (AvgIpc) is 2.39. The molecule has 4 nitrogen and oxygen atoms in total. The van der Waals surface area contributed by atoms with Crippen molar-refractivity contribution in [1.82, 2.24) is 10.0 Å². The standard InChI is InChI=1S/C15H25FN2O2S/c1-11(2)15(3,4)10-18-21(19,20)14-8-12(9-17-5)6-7-13(14)16/h6-8,11,17-18H,9-10H2,1-5H3. The summed E-state index contributed by atoms with van der Waals surface area (Å²) in [5.74, 6) is -0.426. The van der Waals surface area contributed by atoms with Crippen LogP contribution in [0.1, 0.15) is 33.3 Å². The molecule has 0 saturated carbocycles. The van der Waals surface area contributed by atoms with Crippen molar-refractivity contribution in [2.24, 2.45) is 11.3 Å². The van der Waals surface area contributed by atoms with Crippen LogP contribution in [0.4, 0.5) is 4.39 Å². The van der Waals surface area contributed by atoms with Gasteiger partial charge in [-0.25, -0.2) is 17.5 Å². The Labute approximate surface area is 127 Å². The van der Waals surface area contributed by atoms with Gasteiger partial charge in [0.1, 0.15) is 10.7 Å². The lowest BCUT2D eigenvalue weighted by atomic mass is 9.81. The first-order valence-corrected chi connectivity index (χ1v) is 8.51. The maximum atomic E-state index is 13.8. The lowest BCUT2D eigenvalue weighted by Crippen LogP contribution is -2.37. The van der Waals surface area contributed by atoms with Gasteiger partial charge in [-0.05, 0) is 36.1 Å². The quantitative estimate of drug-likeness (QED) is 0.812. The highest BCUT2D eigenvalue weighted by molar-refractivity contribution is 7.89. The van der Waals surface area contributed by atoms with E-state index in [4.69, 9.17) is 0 Å². The van der Waals surface area contributed by atoms with Gasteiger partial charge in [-0.1, -0.05) is 33.8 Å². The van der Waals surface area contributed by atoms with E-state index < -0.39 is 15.8 Å². The first kappa shape index (κ1) is 18.1. The number of hydrogen-bond acceptors (Lipinski definition) is 3. The van der Waals surface area contributed by atoms with Crippen molar-refractivity contribution < 1.29 is 12.8 Å². The molecular formula is C15H25FN2O2S. The zero-order valence-corrected chi connectivity index (χ0v) is 14.1. The van der Waals surface area contributed by atoms with Gasteiger partial charge in [0, 0.05) is 13.1 Å². The van der Waals surface area contributed by atoms with Gasteiger partial charge in [0.25, 0.3) is 0 Å². The Morgan fingerprint density at radius 2 is 1.90 bits per heavy atom. The minimum atomic E-state index is -3.85. The number of rotatable bonds is 7. The van der Waals surface area contributed by atoms with Gasteiger partial charge < -0.3 is 5.32 Å². The van der Waals surface area contributed by atoms with E-state index in [0.29, 0.717) is 12.5 Å². The molecule has 0 aliphatic rings. The number of benzene rings is 1. The third-order valence-corrected chi connectivity index (χ3v) is 5.36. The van der Waals surface area contributed by atoms with E-state index in [1.807, 2.05) is 27.7 Å². The summed E-state index contributed by atoms with van der Waals surface area (Å²) in [4.78, 5) is -0.296. The molecule has 2 N–H and O–H groups in total. The predicted octanol–water partition coefficient (Wildman–Crippen LogP) is 2.51. The molecule has 0 atom stereocenters. The minimum absolute atomic E-state index is 0.202. The molecule has 0 aliphatic heterocycles. The third-order valence-electron chi connectivity index (χ3n) is 3.95. The zero-order chi connectivity index (χ0) is 16.3. The number of sulfonamides is 1. The fraction of sp³-hybridized carbons (Fsp3) is 0.600. The van der Waals surface area contributed by atoms with Crippen LogP contribution < -0.4 is 10.0 Å². The van der Waals surface area contributed by atoms with E-state index in [1.165, 1.54) is 12.1 Å². The highest BCUT2D eigenvalue weighted by Crippen LogP contribution is 2.26. The van der Waals surface area contributed by atoms with Crippen molar-refractivity contribution in [3.05, 3.63) is 29.6 Å². The average molecular weight is 316 g/mol. The lowest BCUT2D eigenvalue weighted by Gasteiger charge is -2.29. The van der Waals surface area contributed by atoms with Gasteiger partial charge in [-0.15, -0.1) is 0 Å². The summed E-state index contributed by atoms with van der Waals surface area (Å²) in [5.41, 5.74) is 0.522. The van der Waals surface area contributed by atoms with Crippen LogP contribution in [0.25, 0.3) is 0 Å². The third kappa shape index (κ3) is 4.76. The van der Waals surface area contributed by atoms with E-state index in [9.17, 15) is 12.8 Å². The molecule has 0 unspecified atom stereocenters. The maximum absolute atomic E-state index is 13.8. The molecule has 0 aromatic heterocycles. The second kappa shape index (κ2) is 6.85. The molecule has 120 valence electrons. The Morgan fingerprint density at radius 1 is 1.29 bits per heavy atom. The predicted molar refractivity (Wildman–Crippen MR) is 83.0 cm³/mol. The van der Waals surface area contributed by atoms with Crippen molar-refractivity contribution in [3.63, 3.8) is 0 Å². The van der Waals surface area contributed by atoms with Gasteiger partial charge in [0.2, 0.25) is 10.0 Å². The largest absolute Gasteiger partial charge is 0.316 e. The van der Waals surface area contributed by atoms with Crippen LogP contribution in [0.2, 0.25) is 0 Å². The fourth-order valence-corrected chi connectivity index (χ4v) is 2.98. The molecule has 0 amide bonds. The molecule has 21 heavy (non-hydrogen) atoms. The summed E-state index contributed by atoms with van der Waals surface area (Å²) < 4.78 is 41.0. The highest BCUT2D eigenvalue weighted by atomic mass is 32.2. The maximum Gasteiger partial charge on any atom is 0.243 e. The summed E-state index contributed by atoms with van der Waals surface area (Å²) in [6.45, 7) is 8.77. The van der Waals surface area contributed by atoms with Crippen molar-refractivity contribution in [2.75, 3.05) is 13.6 Å². The van der Waals surface area contributed by atoms with E-state index in [-0.39, 0.29) is 16.9 Å². The van der Waals surface area contributed by atoms with Crippen LogP contribution in [0.3, 0.4) is 0 Å². The molecule has 0 heterocycles. The summed E-state index contributed by atoms with van der Waals surface area (Å²) in [5, 5.41) is 2.92. The monoisotopic (exact) mass is 316 g/mol. The second-order valence-electron chi connectivity index (χ2n) is 6.26. The topological polar surface area (TPSA) is 58.2 Å². The van der Waals surface area contributed by atoms with Crippen molar-refractivity contribution in [1.29, 1.82) is 0 Å². The molecule has 0 aliphatic carbocycles. The zero-order valence-electron chi connectivity index (χ0n) is 13.3. The molecular weight excluding hydrogens is 291 g/mol. The van der Waals surface area contributed by atoms with Gasteiger partial charge in [-0.3, -0.25) is 0 Å². The van der Waals surface area contributed by atoms with Gasteiger partial charge in [0.05, 0.1) is 0 Å². The molecule has 0 spiro atoms. The van der Waals surface area contributed by atoms with E-state index in [1.54, 1.807) is 13.1 Å². The number of nitrogens with one attached hydrogen (secondary N) is 2. The molecule has 0 radical (unpaired) electrons. The lowest BCUT2D eigenvalue weighted by molar-refractivity contribution is 0.252. The van der Waals surface area contributed by atoms with E-state index in [0.717, 1.165) is 5.56 Å². The first-order valence-electron chi connectivity index (χ1n) is 7.03. The molecule has 0 fully saturated rings. The van der Waals surface area contributed by atoms with Crippen LogP contribution in [0.5, 0.6) is 0 Å². The SMILES string of the molecule is CNCc1ccc(F)c(S(=O)(=O)NCC(C)(C)C(C)C)c1. The fourth-order valence-electron chi connectivity index (χ4n) is 1.63. The minimum Gasteiger partial charge on any atom is -0.316 e. The van der Waals surface area contributed by atoms with Crippen LogP contribution >= 0.6 is 0 Å². The number of halogens is 1. The Balaban J connectivity index is 3.00. The Bertz CT molecular complexity index is 583. The molecule has 1 aromatic carbocycles. The van der Waals surface area contributed by atoms with Gasteiger partial charge >= 0.3 is 0 Å². The van der Waals surface area contributed by atoms with E-state index in [2.05, 4.69) is 10.0 Å². The van der Waals surface area contributed by atoms with Crippen LogP contribution in [0, 0.1) is 17.2 Å². The van der Waals surface area contributed by atoms with Crippen LogP contribution in [-0.2, 0) is 16.6 Å². The summed E-state index contributed by atoms with van der Waals surface area (Å²) in [6.07, 6.45) is 0. The first-order chi connectivity index (χ1) is 9.60. The summed E-state index contributed by atoms with van der Waals surface area (Å²) >= 11 is 0. The molecule has 1 aromatic rings. The normalized spacial score (nSPS) is 12.9. The summed E-state index contributed by atoms with van der Waals surface area (Å²) in [6, 6.07) is 4.13.